The van der Waals surface area contributed by atoms with Crippen LogP contribution in [0.25, 0.3) is 16.9 Å². The lowest BCUT2D eigenvalue weighted by molar-refractivity contribution is 0.0746. The lowest BCUT2D eigenvalue weighted by Gasteiger charge is -2.36. The van der Waals surface area contributed by atoms with E-state index in [0.717, 1.165) is 58.5 Å². The van der Waals surface area contributed by atoms with Crippen molar-refractivity contribution in [2.45, 2.75) is 6.92 Å². The number of aromatic nitrogens is 1. The highest BCUT2D eigenvalue weighted by atomic mass is 16.5. The predicted molar refractivity (Wildman–Crippen MR) is 144 cm³/mol. The molecule has 2 heterocycles. The molecule has 0 aliphatic carbocycles. The van der Waals surface area contributed by atoms with Crippen molar-refractivity contribution in [1.82, 2.24) is 9.47 Å². The Morgan fingerprint density at radius 3 is 2.08 bits per heavy atom. The number of benzene rings is 3. The Morgan fingerprint density at radius 2 is 1.42 bits per heavy atom. The van der Waals surface area contributed by atoms with Crippen molar-refractivity contribution in [1.29, 1.82) is 0 Å². The molecular formula is C30H31N3O3. The van der Waals surface area contributed by atoms with E-state index in [9.17, 15) is 4.79 Å². The molecule has 3 aromatic carbocycles. The molecule has 1 fully saturated rings. The molecule has 1 aliphatic heterocycles. The molecule has 0 saturated carbocycles. The molecule has 6 heteroatoms. The van der Waals surface area contributed by atoms with Gasteiger partial charge in [-0.15, -0.1) is 0 Å². The molecular weight excluding hydrogens is 450 g/mol. The number of hydrogen-bond donors (Lipinski definition) is 0. The van der Waals surface area contributed by atoms with Gasteiger partial charge < -0.3 is 23.8 Å². The van der Waals surface area contributed by atoms with Gasteiger partial charge in [-0.1, -0.05) is 36.4 Å². The van der Waals surface area contributed by atoms with Gasteiger partial charge >= 0.3 is 0 Å². The van der Waals surface area contributed by atoms with E-state index in [4.69, 9.17) is 9.47 Å². The van der Waals surface area contributed by atoms with Crippen molar-refractivity contribution in [2.24, 2.45) is 0 Å². The molecule has 36 heavy (non-hydrogen) atoms. The molecule has 0 radical (unpaired) electrons. The minimum absolute atomic E-state index is 0.0701. The molecule has 1 saturated heterocycles. The third kappa shape index (κ3) is 4.54. The number of carbonyl (C=O) groups excluding carboxylic acids is 1. The summed E-state index contributed by atoms with van der Waals surface area (Å²) in [4.78, 5) is 18.0. The average Bonchev–Trinajstić information content (AvgIpc) is 3.30. The van der Waals surface area contributed by atoms with Gasteiger partial charge in [-0.05, 0) is 55.0 Å². The lowest BCUT2D eigenvalue weighted by atomic mass is 10.1. The number of piperazine rings is 1. The largest absolute Gasteiger partial charge is 0.497 e. The molecule has 0 unspecified atom stereocenters. The fourth-order valence-corrected chi connectivity index (χ4v) is 4.86. The van der Waals surface area contributed by atoms with E-state index in [1.54, 1.807) is 14.2 Å². The normalized spacial score (nSPS) is 13.5. The number of hydrogen-bond acceptors (Lipinski definition) is 4. The molecule has 0 spiro atoms. The van der Waals surface area contributed by atoms with Gasteiger partial charge in [0.2, 0.25) is 0 Å². The van der Waals surface area contributed by atoms with Gasteiger partial charge in [0.25, 0.3) is 5.91 Å². The Balaban J connectivity index is 1.43. The maximum Gasteiger partial charge on any atom is 0.255 e. The molecule has 1 amide bonds. The predicted octanol–water partition coefficient (Wildman–Crippen LogP) is 5.43. The zero-order valence-corrected chi connectivity index (χ0v) is 21.0. The van der Waals surface area contributed by atoms with Crippen molar-refractivity contribution in [3.8, 4) is 28.4 Å². The van der Waals surface area contributed by atoms with E-state index in [1.165, 1.54) is 0 Å². The first-order chi connectivity index (χ1) is 17.6. The summed E-state index contributed by atoms with van der Waals surface area (Å²) in [6, 6.07) is 28.3. The number of methoxy groups -OCH3 is 2. The Labute approximate surface area is 212 Å². The molecule has 184 valence electrons. The highest BCUT2D eigenvalue weighted by Crippen LogP contribution is 2.32. The molecule has 5 rings (SSSR count). The number of nitrogens with zero attached hydrogens (tertiary/aromatic N) is 3. The first kappa shape index (κ1) is 23.5. The second-order valence-electron chi connectivity index (χ2n) is 8.91. The number of anilines is 1. The second kappa shape index (κ2) is 10.2. The standard InChI is InChI=1S/C30H31N3O3/c1-22-28(30(34)32-18-16-31(17-19-32)24-12-14-26(35-2)15-13-24)21-29(23-8-5-4-6-9-23)33(22)25-10-7-11-27(20-25)36-3/h4-15,20-21H,16-19H2,1-3H3. The molecule has 0 bridgehead atoms. The van der Waals surface area contributed by atoms with E-state index < -0.39 is 0 Å². The van der Waals surface area contributed by atoms with Gasteiger partial charge in [0.05, 0.1) is 25.5 Å². The molecule has 1 aromatic heterocycles. The topological polar surface area (TPSA) is 46.9 Å². The van der Waals surface area contributed by atoms with Crippen molar-refractivity contribution in [3.63, 3.8) is 0 Å². The van der Waals surface area contributed by atoms with Gasteiger partial charge in [0.15, 0.2) is 0 Å². The first-order valence-corrected chi connectivity index (χ1v) is 12.2. The maximum absolute atomic E-state index is 13.8. The van der Waals surface area contributed by atoms with Crippen molar-refractivity contribution in [2.75, 3.05) is 45.3 Å². The minimum atomic E-state index is 0.0701. The lowest BCUT2D eigenvalue weighted by Crippen LogP contribution is -2.48. The van der Waals surface area contributed by atoms with Crippen LogP contribution in [-0.4, -0.2) is 55.8 Å². The van der Waals surface area contributed by atoms with E-state index >= 15 is 0 Å². The van der Waals surface area contributed by atoms with Crippen LogP contribution in [0.15, 0.2) is 84.9 Å². The third-order valence-electron chi connectivity index (χ3n) is 6.86. The van der Waals surface area contributed by atoms with Crippen LogP contribution in [0.4, 0.5) is 5.69 Å². The highest BCUT2D eigenvalue weighted by molar-refractivity contribution is 5.97. The van der Waals surface area contributed by atoms with Crippen LogP contribution < -0.4 is 14.4 Å². The van der Waals surface area contributed by atoms with Gasteiger partial charge in [-0.3, -0.25) is 4.79 Å². The SMILES string of the molecule is COc1ccc(N2CCN(C(=O)c3cc(-c4ccccc4)n(-c4cccc(OC)c4)c3C)CC2)cc1. The van der Waals surface area contributed by atoms with Crippen molar-refractivity contribution in [3.05, 3.63) is 96.2 Å². The summed E-state index contributed by atoms with van der Waals surface area (Å²) in [6.45, 7) is 4.95. The number of carbonyl (C=O) groups is 1. The summed E-state index contributed by atoms with van der Waals surface area (Å²) >= 11 is 0. The summed E-state index contributed by atoms with van der Waals surface area (Å²) in [7, 11) is 3.34. The van der Waals surface area contributed by atoms with Gasteiger partial charge in [0.1, 0.15) is 11.5 Å². The molecule has 1 aliphatic rings. The van der Waals surface area contributed by atoms with Crippen molar-refractivity contribution >= 4 is 11.6 Å². The monoisotopic (exact) mass is 481 g/mol. The Hall–Kier alpha value is -4.19. The highest BCUT2D eigenvalue weighted by Gasteiger charge is 2.27. The second-order valence-corrected chi connectivity index (χ2v) is 8.91. The van der Waals surface area contributed by atoms with Gasteiger partial charge in [-0.2, -0.15) is 0 Å². The fourth-order valence-electron chi connectivity index (χ4n) is 4.86. The number of rotatable bonds is 6. The van der Waals surface area contributed by atoms with Gasteiger partial charge in [-0.25, -0.2) is 0 Å². The van der Waals surface area contributed by atoms with Crippen LogP contribution in [-0.2, 0) is 0 Å². The van der Waals surface area contributed by atoms with Crippen LogP contribution in [0, 0.1) is 6.92 Å². The van der Waals surface area contributed by atoms with Crippen LogP contribution in [0.3, 0.4) is 0 Å². The molecule has 4 aromatic rings. The first-order valence-electron chi connectivity index (χ1n) is 12.2. The Bertz CT molecular complexity index is 1340. The Kier molecular flexibility index (Phi) is 6.67. The number of amides is 1. The zero-order valence-electron chi connectivity index (χ0n) is 21.0. The smallest absolute Gasteiger partial charge is 0.255 e. The van der Waals surface area contributed by atoms with Crippen LogP contribution in [0.5, 0.6) is 11.5 Å². The molecule has 0 atom stereocenters. The average molecular weight is 482 g/mol. The summed E-state index contributed by atoms with van der Waals surface area (Å²) in [5.41, 5.74) is 5.82. The zero-order chi connectivity index (χ0) is 25.1. The summed E-state index contributed by atoms with van der Waals surface area (Å²) < 4.78 is 12.9. The quantitative estimate of drug-likeness (QED) is 0.368. The fraction of sp³-hybridized carbons (Fsp3) is 0.233. The maximum atomic E-state index is 13.8. The third-order valence-corrected chi connectivity index (χ3v) is 6.86. The van der Waals surface area contributed by atoms with Crippen LogP contribution in [0.1, 0.15) is 16.1 Å². The van der Waals surface area contributed by atoms with Gasteiger partial charge in [0, 0.05) is 49.3 Å². The minimum Gasteiger partial charge on any atom is -0.497 e. The van der Waals surface area contributed by atoms with Crippen LogP contribution in [0.2, 0.25) is 0 Å². The summed E-state index contributed by atoms with van der Waals surface area (Å²) in [6.07, 6.45) is 0. The summed E-state index contributed by atoms with van der Waals surface area (Å²) in [5, 5.41) is 0. The van der Waals surface area contributed by atoms with Crippen molar-refractivity contribution < 1.29 is 14.3 Å². The van der Waals surface area contributed by atoms with E-state index in [1.807, 2.05) is 72.5 Å². The van der Waals surface area contributed by atoms with Crippen LogP contribution >= 0.6 is 0 Å². The van der Waals surface area contributed by atoms with E-state index in [2.05, 4.69) is 33.7 Å². The molecule has 0 N–H and O–H groups in total. The van der Waals surface area contributed by atoms with E-state index in [0.29, 0.717) is 13.1 Å². The summed E-state index contributed by atoms with van der Waals surface area (Å²) in [5.74, 6) is 1.70. The van der Waals surface area contributed by atoms with E-state index in [-0.39, 0.29) is 5.91 Å². The Morgan fingerprint density at radius 1 is 0.722 bits per heavy atom. The number of ether oxygens (including phenoxy) is 2. The molecule has 6 nitrogen and oxygen atoms in total.